The van der Waals surface area contributed by atoms with Gasteiger partial charge in [0.2, 0.25) is 0 Å². The van der Waals surface area contributed by atoms with Gasteiger partial charge >= 0.3 is 5.97 Å². The van der Waals surface area contributed by atoms with Gasteiger partial charge < -0.3 is 9.57 Å². The quantitative estimate of drug-likeness (QED) is 0.334. The second kappa shape index (κ2) is 8.69. The third-order valence-corrected chi connectivity index (χ3v) is 3.19. The van der Waals surface area contributed by atoms with Gasteiger partial charge in [0, 0.05) is 11.0 Å². The summed E-state index contributed by atoms with van der Waals surface area (Å²) in [7, 11) is 1.51. The highest BCUT2D eigenvalue weighted by Crippen LogP contribution is 2.10. The Balaban J connectivity index is 2.29. The molecule has 5 heteroatoms. The molecule has 0 aliphatic rings. The molecular formula is C14H18BrNO3. The van der Waals surface area contributed by atoms with Crippen LogP contribution in [0.3, 0.4) is 0 Å². The normalized spacial score (nSPS) is 12.4. The van der Waals surface area contributed by atoms with Crippen molar-refractivity contribution in [3.63, 3.8) is 0 Å². The second-order valence-corrected chi connectivity index (χ2v) is 5.40. The lowest BCUT2D eigenvalue weighted by atomic mass is 10.1. The Morgan fingerprint density at radius 1 is 1.42 bits per heavy atom. The summed E-state index contributed by atoms with van der Waals surface area (Å²) < 4.78 is 5.23. The fourth-order valence-electron chi connectivity index (χ4n) is 1.41. The Hall–Kier alpha value is -1.36. The molecule has 0 amide bonds. The van der Waals surface area contributed by atoms with Crippen molar-refractivity contribution in [1.82, 2.24) is 0 Å². The van der Waals surface area contributed by atoms with E-state index in [0.717, 1.165) is 18.4 Å². The molecule has 104 valence electrons. The van der Waals surface area contributed by atoms with Crippen molar-refractivity contribution >= 4 is 28.1 Å². The first-order valence-corrected chi connectivity index (χ1v) is 6.98. The molecule has 0 saturated carbocycles. The van der Waals surface area contributed by atoms with Gasteiger partial charge in [-0.15, -0.1) is 0 Å². The Labute approximate surface area is 121 Å². The molecule has 0 N–H and O–H groups in total. The van der Waals surface area contributed by atoms with Crippen LogP contribution in [0.25, 0.3) is 0 Å². The third kappa shape index (κ3) is 6.38. The number of carbonyl (C=O) groups excluding carboxylic acids is 1. The van der Waals surface area contributed by atoms with Crippen LogP contribution in [0.1, 0.15) is 28.8 Å². The van der Waals surface area contributed by atoms with Gasteiger partial charge in [-0.05, 0) is 31.9 Å². The molecule has 0 aliphatic heterocycles. The maximum absolute atomic E-state index is 11.7. The topological polar surface area (TPSA) is 47.9 Å². The number of hydrogen-bond acceptors (Lipinski definition) is 4. The smallest absolute Gasteiger partial charge is 0.338 e. The van der Waals surface area contributed by atoms with Crippen molar-refractivity contribution in [2.45, 2.75) is 24.6 Å². The molecule has 0 aliphatic carbocycles. The van der Waals surface area contributed by atoms with Crippen molar-refractivity contribution in [3.05, 3.63) is 35.4 Å². The summed E-state index contributed by atoms with van der Waals surface area (Å²) in [5.41, 5.74) is 1.69. The van der Waals surface area contributed by atoms with Crippen LogP contribution in [0.5, 0.6) is 0 Å². The number of halogens is 1. The lowest BCUT2D eigenvalue weighted by Crippen LogP contribution is -2.14. The number of hydrogen-bond donors (Lipinski definition) is 0. The van der Waals surface area contributed by atoms with Gasteiger partial charge in [0.1, 0.15) is 13.7 Å². The minimum atomic E-state index is -0.296. The fraction of sp³-hybridized carbons (Fsp3) is 0.429. The zero-order valence-corrected chi connectivity index (χ0v) is 12.7. The Bertz CT molecular complexity index is 417. The molecule has 0 bridgehead atoms. The molecule has 0 fully saturated rings. The summed E-state index contributed by atoms with van der Waals surface area (Å²) in [5.74, 6) is -0.296. The van der Waals surface area contributed by atoms with Crippen molar-refractivity contribution in [3.8, 4) is 0 Å². The van der Waals surface area contributed by atoms with Crippen molar-refractivity contribution in [2.75, 3.05) is 13.7 Å². The van der Waals surface area contributed by atoms with E-state index < -0.39 is 0 Å². The van der Waals surface area contributed by atoms with Gasteiger partial charge in [0.25, 0.3) is 0 Å². The van der Waals surface area contributed by atoms with Crippen LogP contribution >= 0.6 is 15.9 Å². The van der Waals surface area contributed by atoms with E-state index in [0.29, 0.717) is 12.2 Å². The largest absolute Gasteiger partial charge is 0.461 e. The van der Waals surface area contributed by atoms with E-state index >= 15 is 0 Å². The Kier molecular flexibility index (Phi) is 7.18. The molecule has 19 heavy (non-hydrogen) atoms. The predicted molar refractivity (Wildman–Crippen MR) is 78.9 cm³/mol. The number of rotatable bonds is 7. The van der Waals surface area contributed by atoms with E-state index in [1.165, 1.54) is 7.11 Å². The van der Waals surface area contributed by atoms with Crippen LogP contribution in [0, 0.1) is 6.92 Å². The van der Waals surface area contributed by atoms with Gasteiger partial charge in [-0.2, -0.15) is 0 Å². The number of alkyl halides is 1. The molecule has 0 aromatic heterocycles. The standard InChI is InChI=1S/C14H18BrNO3/c1-11-5-7-12(8-6-11)14(17)19-10-13(15)4-3-9-16-18-2/h5-9,13H,3-4,10H2,1-2H3/b16-9+/t13-/m1/s1. The molecule has 1 aromatic carbocycles. The summed E-state index contributed by atoms with van der Waals surface area (Å²) in [5, 5.41) is 3.64. The monoisotopic (exact) mass is 327 g/mol. The van der Waals surface area contributed by atoms with E-state index in [2.05, 4.69) is 25.9 Å². The van der Waals surface area contributed by atoms with E-state index in [1.807, 2.05) is 19.1 Å². The molecule has 1 rings (SSSR count). The maximum atomic E-state index is 11.7. The van der Waals surface area contributed by atoms with E-state index in [4.69, 9.17) is 4.74 Å². The van der Waals surface area contributed by atoms with Crippen molar-refractivity contribution < 1.29 is 14.4 Å². The SMILES string of the molecule is CO/N=C/CC[C@@H](Br)COC(=O)c1ccc(C)cc1. The number of oxime groups is 1. The minimum Gasteiger partial charge on any atom is -0.461 e. The maximum Gasteiger partial charge on any atom is 0.338 e. The van der Waals surface area contributed by atoms with Gasteiger partial charge in [-0.3, -0.25) is 0 Å². The van der Waals surface area contributed by atoms with Gasteiger partial charge in [0.05, 0.1) is 5.56 Å². The average Bonchev–Trinajstić information content (AvgIpc) is 2.42. The molecule has 4 nitrogen and oxygen atoms in total. The fourth-order valence-corrected chi connectivity index (χ4v) is 1.80. The average molecular weight is 328 g/mol. The van der Waals surface area contributed by atoms with E-state index in [-0.39, 0.29) is 10.8 Å². The highest BCUT2D eigenvalue weighted by Gasteiger charge is 2.10. The van der Waals surface area contributed by atoms with E-state index in [9.17, 15) is 4.79 Å². The Morgan fingerprint density at radius 2 is 2.11 bits per heavy atom. The predicted octanol–water partition coefficient (Wildman–Crippen LogP) is 3.33. The number of aryl methyl sites for hydroxylation is 1. The molecule has 0 spiro atoms. The molecule has 0 heterocycles. The summed E-state index contributed by atoms with van der Waals surface area (Å²) >= 11 is 3.46. The minimum absolute atomic E-state index is 0.116. The lowest BCUT2D eigenvalue weighted by molar-refractivity contribution is 0.0506. The number of nitrogens with zero attached hydrogens (tertiary/aromatic N) is 1. The molecular weight excluding hydrogens is 310 g/mol. The molecule has 0 saturated heterocycles. The van der Waals surface area contributed by atoms with Crippen molar-refractivity contribution in [2.24, 2.45) is 5.16 Å². The number of benzene rings is 1. The van der Waals surface area contributed by atoms with E-state index in [1.54, 1.807) is 18.3 Å². The van der Waals surface area contributed by atoms with Crippen LogP contribution < -0.4 is 0 Å². The second-order valence-electron chi connectivity index (χ2n) is 4.11. The summed E-state index contributed by atoms with van der Waals surface area (Å²) in [4.78, 5) is 16.4. The van der Waals surface area contributed by atoms with Gasteiger partial charge in [-0.1, -0.05) is 38.8 Å². The molecule has 1 atom stereocenters. The highest BCUT2D eigenvalue weighted by molar-refractivity contribution is 9.09. The molecule has 0 radical (unpaired) electrons. The van der Waals surface area contributed by atoms with Gasteiger partial charge in [0.15, 0.2) is 0 Å². The number of esters is 1. The first-order valence-electron chi connectivity index (χ1n) is 6.06. The molecule has 0 unspecified atom stereocenters. The summed E-state index contributed by atoms with van der Waals surface area (Å²) in [6.45, 7) is 2.32. The first kappa shape index (κ1) is 15.7. The third-order valence-electron chi connectivity index (χ3n) is 2.47. The number of carbonyl (C=O) groups is 1. The zero-order valence-electron chi connectivity index (χ0n) is 11.1. The van der Waals surface area contributed by atoms with Crippen molar-refractivity contribution in [1.29, 1.82) is 0 Å². The lowest BCUT2D eigenvalue weighted by Gasteiger charge is -2.09. The summed E-state index contributed by atoms with van der Waals surface area (Å²) in [6, 6.07) is 7.32. The van der Waals surface area contributed by atoms with Gasteiger partial charge in [-0.25, -0.2) is 4.79 Å². The zero-order chi connectivity index (χ0) is 14.1. The number of ether oxygens (including phenoxy) is 1. The Morgan fingerprint density at radius 3 is 2.74 bits per heavy atom. The highest BCUT2D eigenvalue weighted by atomic mass is 79.9. The molecule has 1 aromatic rings. The van der Waals surface area contributed by atoms with Crippen LogP contribution in [0.4, 0.5) is 0 Å². The summed E-state index contributed by atoms with van der Waals surface area (Å²) in [6.07, 6.45) is 3.29. The first-order chi connectivity index (χ1) is 9.13. The van der Waals surface area contributed by atoms with Crippen LogP contribution in [-0.2, 0) is 9.57 Å². The van der Waals surface area contributed by atoms with Crippen LogP contribution in [-0.4, -0.2) is 30.7 Å². The van der Waals surface area contributed by atoms with Crippen LogP contribution in [0.15, 0.2) is 29.4 Å². The van der Waals surface area contributed by atoms with Crippen LogP contribution in [0.2, 0.25) is 0 Å².